The van der Waals surface area contributed by atoms with Crippen LogP contribution in [0.2, 0.25) is 0 Å². The number of H-pyrrole nitrogens is 1. The van der Waals surface area contributed by atoms with Crippen LogP contribution in [0.15, 0.2) is 48.8 Å². The Labute approximate surface area is 148 Å². The molecule has 1 aromatic heterocycles. The van der Waals surface area contributed by atoms with Gasteiger partial charge in [-0.3, -0.25) is 9.89 Å². The second kappa shape index (κ2) is 7.32. The van der Waals surface area contributed by atoms with E-state index in [0.717, 1.165) is 6.07 Å². The zero-order valence-corrected chi connectivity index (χ0v) is 13.8. The third kappa shape index (κ3) is 3.55. The predicted molar refractivity (Wildman–Crippen MR) is 92.5 cm³/mol. The van der Waals surface area contributed by atoms with Gasteiger partial charge in [0.15, 0.2) is 0 Å². The summed E-state index contributed by atoms with van der Waals surface area (Å²) < 4.78 is 32.7. The average molecular weight is 358 g/mol. The molecule has 0 spiro atoms. The first kappa shape index (κ1) is 17.6. The molecule has 0 unspecified atom stereocenters. The van der Waals surface area contributed by atoms with Crippen molar-refractivity contribution in [1.82, 2.24) is 10.2 Å². The molecule has 0 saturated carbocycles. The molecule has 6 nitrogen and oxygen atoms in total. The lowest BCUT2D eigenvalue weighted by atomic mass is 10.1. The smallest absolute Gasteiger partial charge is 0.245 e. The number of nitrogens with two attached hydrogens (primary N) is 1. The molecule has 1 atom stereocenters. The van der Waals surface area contributed by atoms with Crippen molar-refractivity contribution in [3.05, 3.63) is 66.0 Å². The van der Waals surface area contributed by atoms with Crippen molar-refractivity contribution in [1.29, 1.82) is 0 Å². The number of rotatable bonds is 5. The molecular weight excluding hydrogens is 342 g/mol. The van der Waals surface area contributed by atoms with Crippen LogP contribution in [-0.4, -0.2) is 23.2 Å². The van der Waals surface area contributed by atoms with Crippen LogP contribution in [0.3, 0.4) is 0 Å². The largest absolute Gasteiger partial charge is 0.495 e. The Balaban J connectivity index is 1.86. The van der Waals surface area contributed by atoms with Gasteiger partial charge >= 0.3 is 0 Å². The van der Waals surface area contributed by atoms with Gasteiger partial charge in [-0.25, -0.2) is 8.78 Å². The van der Waals surface area contributed by atoms with Gasteiger partial charge in [-0.2, -0.15) is 5.10 Å². The Kier molecular flexibility index (Phi) is 4.94. The van der Waals surface area contributed by atoms with Crippen molar-refractivity contribution in [2.24, 2.45) is 5.73 Å². The summed E-state index contributed by atoms with van der Waals surface area (Å²) in [6.07, 6.45) is 3.01. The van der Waals surface area contributed by atoms with Crippen LogP contribution in [0, 0.1) is 11.6 Å². The molecule has 1 amide bonds. The van der Waals surface area contributed by atoms with Crippen LogP contribution in [0.1, 0.15) is 11.6 Å². The van der Waals surface area contributed by atoms with E-state index >= 15 is 0 Å². The van der Waals surface area contributed by atoms with Gasteiger partial charge in [-0.05, 0) is 23.8 Å². The summed E-state index contributed by atoms with van der Waals surface area (Å²) in [5, 5.41) is 8.93. The molecule has 3 aromatic rings. The first-order valence-electron chi connectivity index (χ1n) is 7.68. The predicted octanol–water partition coefficient (Wildman–Crippen LogP) is 3.00. The lowest BCUT2D eigenvalue weighted by Crippen LogP contribution is -2.28. The van der Waals surface area contributed by atoms with Crippen LogP contribution >= 0.6 is 0 Å². The van der Waals surface area contributed by atoms with Crippen LogP contribution in [0.5, 0.6) is 5.75 Å². The van der Waals surface area contributed by atoms with E-state index in [0.29, 0.717) is 11.1 Å². The number of carbonyl (C=O) groups is 1. The maximum atomic E-state index is 14.4. The van der Waals surface area contributed by atoms with Gasteiger partial charge in [-0.1, -0.05) is 12.1 Å². The van der Waals surface area contributed by atoms with E-state index in [4.69, 9.17) is 10.5 Å². The number of hydrogen-bond donors (Lipinski definition) is 3. The molecule has 0 aliphatic carbocycles. The number of nitrogens with one attached hydrogen (secondary N) is 2. The number of amides is 1. The zero-order chi connectivity index (χ0) is 18.7. The molecule has 26 heavy (non-hydrogen) atoms. The van der Waals surface area contributed by atoms with Crippen molar-refractivity contribution in [3.63, 3.8) is 0 Å². The quantitative estimate of drug-likeness (QED) is 0.654. The number of aromatic nitrogens is 2. The SMILES string of the molecule is COc1cc(-c2cn[nH]c2)c(F)cc1NC(=O)[C@@H](N)c1ccc(F)cc1. The Bertz CT molecular complexity index is 912. The summed E-state index contributed by atoms with van der Waals surface area (Å²) in [6, 6.07) is 6.82. The van der Waals surface area contributed by atoms with Crippen LogP contribution in [0.25, 0.3) is 11.1 Å². The highest BCUT2D eigenvalue weighted by molar-refractivity contribution is 5.97. The van der Waals surface area contributed by atoms with Gasteiger partial charge in [0.2, 0.25) is 5.91 Å². The highest BCUT2D eigenvalue weighted by Crippen LogP contribution is 2.33. The fraction of sp³-hybridized carbons (Fsp3) is 0.111. The number of aromatic amines is 1. The molecule has 0 aliphatic rings. The Morgan fingerprint density at radius 2 is 2.00 bits per heavy atom. The van der Waals surface area contributed by atoms with Crippen molar-refractivity contribution < 1.29 is 18.3 Å². The maximum absolute atomic E-state index is 14.4. The second-order valence-corrected chi connectivity index (χ2v) is 5.54. The topological polar surface area (TPSA) is 93.0 Å². The molecule has 134 valence electrons. The molecule has 0 saturated heterocycles. The van der Waals surface area contributed by atoms with E-state index in [-0.39, 0.29) is 17.0 Å². The Morgan fingerprint density at radius 1 is 1.27 bits per heavy atom. The number of ether oxygens (including phenoxy) is 1. The van der Waals surface area contributed by atoms with Gasteiger partial charge in [0.1, 0.15) is 23.4 Å². The minimum Gasteiger partial charge on any atom is -0.495 e. The molecule has 0 aliphatic heterocycles. The fourth-order valence-corrected chi connectivity index (χ4v) is 2.47. The Morgan fingerprint density at radius 3 is 2.62 bits per heavy atom. The van der Waals surface area contributed by atoms with Gasteiger partial charge in [-0.15, -0.1) is 0 Å². The summed E-state index contributed by atoms with van der Waals surface area (Å²) in [6.45, 7) is 0. The molecule has 8 heteroatoms. The van der Waals surface area contributed by atoms with E-state index < -0.39 is 23.6 Å². The lowest BCUT2D eigenvalue weighted by molar-refractivity contribution is -0.117. The van der Waals surface area contributed by atoms with E-state index in [2.05, 4.69) is 15.5 Å². The van der Waals surface area contributed by atoms with Crippen molar-refractivity contribution in [2.45, 2.75) is 6.04 Å². The van der Waals surface area contributed by atoms with Crippen LogP contribution in [0.4, 0.5) is 14.5 Å². The minimum atomic E-state index is -1.04. The van der Waals surface area contributed by atoms with E-state index in [1.54, 1.807) is 6.20 Å². The summed E-state index contributed by atoms with van der Waals surface area (Å²) in [5.41, 5.74) is 7.28. The van der Waals surface area contributed by atoms with E-state index in [1.165, 1.54) is 43.6 Å². The second-order valence-electron chi connectivity index (χ2n) is 5.54. The molecule has 0 radical (unpaired) electrons. The first-order chi connectivity index (χ1) is 12.5. The number of benzene rings is 2. The van der Waals surface area contributed by atoms with E-state index in [9.17, 15) is 13.6 Å². The maximum Gasteiger partial charge on any atom is 0.245 e. The first-order valence-corrected chi connectivity index (χ1v) is 7.68. The number of hydrogen-bond acceptors (Lipinski definition) is 4. The third-order valence-corrected chi connectivity index (χ3v) is 3.87. The normalized spacial score (nSPS) is 11.8. The molecule has 1 heterocycles. The monoisotopic (exact) mass is 358 g/mol. The highest BCUT2D eigenvalue weighted by atomic mass is 19.1. The van der Waals surface area contributed by atoms with Gasteiger partial charge < -0.3 is 15.8 Å². The van der Waals surface area contributed by atoms with Gasteiger partial charge in [0.05, 0.1) is 19.0 Å². The molecule has 0 bridgehead atoms. The summed E-state index contributed by atoms with van der Waals surface area (Å²) >= 11 is 0. The van der Waals surface area contributed by atoms with Crippen LogP contribution in [-0.2, 0) is 4.79 Å². The minimum absolute atomic E-state index is 0.139. The number of nitrogens with zero attached hydrogens (tertiary/aromatic N) is 1. The molecule has 3 rings (SSSR count). The number of carbonyl (C=O) groups excluding carboxylic acids is 1. The Hall–Kier alpha value is -3.26. The lowest BCUT2D eigenvalue weighted by Gasteiger charge is -2.16. The van der Waals surface area contributed by atoms with Gasteiger partial charge in [0, 0.05) is 23.4 Å². The van der Waals surface area contributed by atoms with Crippen molar-refractivity contribution in [3.8, 4) is 16.9 Å². The fourth-order valence-electron chi connectivity index (χ4n) is 2.47. The average Bonchev–Trinajstić information content (AvgIpc) is 3.16. The van der Waals surface area contributed by atoms with Crippen molar-refractivity contribution in [2.75, 3.05) is 12.4 Å². The standard InChI is InChI=1S/C18H16F2N4O2/c1-26-16-6-13(11-8-22-23-9-11)14(20)7-15(16)24-18(25)17(21)10-2-4-12(19)5-3-10/h2-9,17H,21H2,1H3,(H,22,23)(H,24,25)/t17-/m0/s1. The molecular formula is C18H16F2N4O2. The zero-order valence-electron chi connectivity index (χ0n) is 13.8. The summed E-state index contributed by atoms with van der Waals surface area (Å²) in [5.74, 6) is -1.30. The number of anilines is 1. The molecule has 0 fully saturated rings. The highest BCUT2D eigenvalue weighted by Gasteiger charge is 2.19. The number of halogens is 2. The number of methoxy groups -OCH3 is 1. The van der Waals surface area contributed by atoms with Gasteiger partial charge in [0.25, 0.3) is 0 Å². The van der Waals surface area contributed by atoms with Crippen LogP contribution < -0.4 is 15.8 Å². The molecule has 4 N–H and O–H groups in total. The third-order valence-electron chi connectivity index (χ3n) is 3.87. The molecule has 2 aromatic carbocycles. The van der Waals surface area contributed by atoms with E-state index in [1.807, 2.05) is 0 Å². The van der Waals surface area contributed by atoms with Crippen molar-refractivity contribution >= 4 is 11.6 Å². The summed E-state index contributed by atoms with van der Waals surface area (Å²) in [7, 11) is 1.40. The summed E-state index contributed by atoms with van der Waals surface area (Å²) in [4.78, 5) is 12.4.